The van der Waals surface area contributed by atoms with E-state index in [-0.39, 0.29) is 18.3 Å². The minimum absolute atomic E-state index is 0.168. The van der Waals surface area contributed by atoms with Crippen molar-refractivity contribution in [1.82, 2.24) is 10.3 Å². The van der Waals surface area contributed by atoms with E-state index in [4.69, 9.17) is 5.11 Å². The van der Waals surface area contributed by atoms with Crippen LogP contribution in [0, 0.1) is 12.7 Å². The van der Waals surface area contributed by atoms with Gasteiger partial charge in [-0.3, -0.25) is 9.78 Å². The lowest BCUT2D eigenvalue weighted by molar-refractivity contribution is 0.0954. The molecule has 0 saturated carbocycles. The van der Waals surface area contributed by atoms with E-state index < -0.39 is 0 Å². The number of amides is 1. The normalized spacial score (nSPS) is 10.8. The summed E-state index contributed by atoms with van der Waals surface area (Å²) in [6.07, 6.45) is 2.41. The lowest BCUT2D eigenvalue weighted by atomic mass is 10.1. The summed E-state index contributed by atoms with van der Waals surface area (Å²) in [7, 11) is 0. The van der Waals surface area contributed by atoms with Crippen LogP contribution in [0.3, 0.4) is 0 Å². The summed E-state index contributed by atoms with van der Waals surface area (Å²) in [4.78, 5) is 16.6. The third kappa shape index (κ3) is 3.98. The van der Waals surface area contributed by atoms with E-state index in [1.54, 1.807) is 19.1 Å². The topological polar surface area (TPSA) is 62.2 Å². The van der Waals surface area contributed by atoms with E-state index >= 15 is 0 Å². The summed E-state index contributed by atoms with van der Waals surface area (Å²) in [6.45, 7) is 2.51. The largest absolute Gasteiger partial charge is 0.396 e. The minimum Gasteiger partial charge on any atom is -0.396 e. The molecule has 0 spiro atoms. The minimum atomic E-state index is -0.384. The van der Waals surface area contributed by atoms with Crippen LogP contribution >= 0.6 is 0 Å². The summed E-state index contributed by atoms with van der Waals surface area (Å²) in [5.74, 6) is -0.606. The number of aryl methyl sites for hydroxylation is 1. The molecule has 0 aliphatic rings. The van der Waals surface area contributed by atoms with E-state index in [1.807, 2.05) is 0 Å². The Labute approximate surface area is 123 Å². The summed E-state index contributed by atoms with van der Waals surface area (Å²) in [6, 6.07) is 5.92. The van der Waals surface area contributed by atoms with Crippen molar-refractivity contribution in [3.05, 3.63) is 41.3 Å². The van der Waals surface area contributed by atoms with Gasteiger partial charge >= 0.3 is 0 Å². The zero-order valence-electron chi connectivity index (χ0n) is 12.0. The predicted octanol–water partition coefficient (Wildman–Crippen LogP) is 2.57. The van der Waals surface area contributed by atoms with Crippen molar-refractivity contribution in [3.63, 3.8) is 0 Å². The summed E-state index contributed by atoms with van der Waals surface area (Å²) >= 11 is 0. The van der Waals surface area contributed by atoms with Gasteiger partial charge in [0.25, 0.3) is 5.91 Å². The molecular weight excluding hydrogens is 271 g/mol. The third-order valence-corrected chi connectivity index (χ3v) is 3.26. The SMILES string of the molecule is Cc1cc(C(=O)NCCCCCO)c2cc(F)ccc2n1. The maximum absolute atomic E-state index is 13.4. The molecule has 0 aliphatic carbocycles. The zero-order valence-corrected chi connectivity index (χ0v) is 12.0. The molecule has 112 valence electrons. The molecule has 5 heteroatoms. The van der Waals surface area contributed by atoms with Gasteiger partial charge in [-0.1, -0.05) is 0 Å². The molecule has 1 aromatic carbocycles. The first kappa shape index (κ1) is 15.4. The maximum Gasteiger partial charge on any atom is 0.252 e. The van der Waals surface area contributed by atoms with Crippen LogP contribution in [0.4, 0.5) is 4.39 Å². The molecule has 2 rings (SSSR count). The quantitative estimate of drug-likeness (QED) is 0.804. The third-order valence-electron chi connectivity index (χ3n) is 3.26. The Kier molecular flexibility index (Phi) is 5.22. The highest BCUT2D eigenvalue weighted by Gasteiger charge is 2.12. The number of halogens is 1. The van der Waals surface area contributed by atoms with E-state index in [2.05, 4.69) is 10.3 Å². The number of benzene rings is 1. The fourth-order valence-electron chi connectivity index (χ4n) is 2.23. The zero-order chi connectivity index (χ0) is 15.2. The van der Waals surface area contributed by atoms with Crippen LogP contribution in [0.15, 0.2) is 24.3 Å². The molecule has 0 fully saturated rings. The number of unbranched alkanes of at least 4 members (excludes halogenated alkanes) is 2. The molecule has 0 atom stereocenters. The molecule has 1 aromatic heterocycles. The van der Waals surface area contributed by atoms with Crippen molar-refractivity contribution in [3.8, 4) is 0 Å². The van der Waals surface area contributed by atoms with Crippen molar-refractivity contribution in [1.29, 1.82) is 0 Å². The van der Waals surface area contributed by atoms with Crippen LogP contribution in [-0.2, 0) is 0 Å². The second kappa shape index (κ2) is 7.13. The van der Waals surface area contributed by atoms with E-state index in [1.165, 1.54) is 12.1 Å². The molecule has 2 aromatic rings. The van der Waals surface area contributed by atoms with E-state index in [0.717, 1.165) is 25.0 Å². The Bertz CT molecular complexity index is 643. The second-order valence-corrected chi connectivity index (χ2v) is 5.01. The van der Waals surface area contributed by atoms with Crippen LogP contribution in [0.1, 0.15) is 35.3 Å². The molecule has 2 N–H and O–H groups in total. The first-order valence-corrected chi connectivity index (χ1v) is 7.08. The van der Waals surface area contributed by atoms with Crippen LogP contribution in [-0.4, -0.2) is 29.1 Å². The highest BCUT2D eigenvalue weighted by molar-refractivity contribution is 6.06. The number of hydrogen-bond donors (Lipinski definition) is 2. The Morgan fingerprint density at radius 1 is 1.29 bits per heavy atom. The molecule has 0 saturated heterocycles. The van der Waals surface area contributed by atoms with Crippen molar-refractivity contribution in [2.24, 2.45) is 0 Å². The summed E-state index contributed by atoms with van der Waals surface area (Å²) < 4.78 is 13.4. The summed E-state index contributed by atoms with van der Waals surface area (Å²) in [5, 5.41) is 12.0. The number of rotatable bonds is 6. The maximum atomic E-state index is 13.4. The highest BCUT2D eigenvalue weighted by Crippen LogP contribution is 2.19. The number of fused-ring (bicyclic) bond motifs is 1. The Balaban J connectivity index is 2.16. The molecule has 21 heavy (non-hydrogen) atoms. The fraction of sp³-hybridized carbons (Fsp3) is 0.375. The number of aromatic nitrogens is 1. The molecule has 0 unspecified atom stereocenters. The first-order chi connectivity index (χ1) is 10.1. The number of aliphatic hydroxyl groups excluding tert-OH is 1. The molecule has 0 bridgehead atoms. The number of hydrogen-bond acceptors (Lipinski definition) is 3. The highest BCUT2D eigenvalue weighted by atomic mass is 19.1. The fourth-order valence-corrected chi connectivity index (χ4v) is 2.23. The van der Waals surface area contributed by atoms with Gasteiger partial charge in [0.05, 0.1) is 11.1 Å². The van der Waals surface area contributed by atoms with E-state index in [9.17, 15) is 9.18 Å². The number of carbonyl (C=O) groups is 1. The van der Waals surface area contributed by atoms with Crippen molar-refractivity contribution < 1.29 is 14.3 Å². The lowest BCUT2D eigenvalue weighted by Crippen LogP contribution is -2.25. The Hall–Kier alpha value is -2.01. The number of pyridine rings is 1. The van der Waals surface area contributed by atoms with Crippen LogP contribution < -0.4 is 5.32 Å². The first-order valence-electron chi connectivity index (χ1n) is 7.08. The Morgan fingerprint density at radius 2 is 2.10 bits per heavy atom. The number of nitrogens with one attached hydrogen (secondary N) is 1. The van der Waals surface area contributed by atoms with Gasteiger partial charge in [-0.25, -0.2) is 4.39 Å². The lowest BCUT2D eigenvalue weighted by Gasteiger charge is -2.09. The van der Waals surface area contributed by atoms with Crippen LogP contribution in [0.25, 0.3) is 10.9 Å². The van der Waals surface area contributed by atoms with Crippen LogP contribution in [0.5, 0.6) is 0 Å². The van der Waals surface area contributed by atoms with Gasteiger partial charge in [0.15, 0.2) is 0 Å². The molecule has 0 radical (unpaired) electrons. The molecular formula is C16H19FN2O2. The van der Waals surface area contributed by atoms with Crippen molar-refractivity contribution in [2.75, 3.05) is 13.2 Å². The molecule has 0 aliphatic heterocycles. The van der Waals surface area contributed by atoms with Gasteiger partial charge in [-0.2, -0.15) is 0 Å². The average Bonchev–Trinajstić information content (AvgIpc) is 2.46. The molecule has 4 nitrogen and oxygen atoms in total. The van der Waals surface area contributed by atoms with Gasteiger partial charge < -0.3 is 10.4 Å². The van der Waals surface area contributed by atoms with Crippen molar-refractivity contribution in [2.45, 2.75) is 26.2 Å². The van der Waals surface area contributed by atoms with Crippen LogP contribution in [0.2, 0.25) is 0 Å². The van der Waals surface area contributed by atoms with Crippen molar-refractivity contribution >= 4 is 16.8 Å². The number of aliphatic hydroxyl groups is 1. The smallest absolute Gasteiger partial charge is 0.252 e. The number of carbonyl (C=O) groups excluding carboxylic acids is 1. The van der Waals surface area contributed by atoms with Gasteiger partial charge in [0, 0.05) is 24.2 Å². The second-order valence-electron chi connectivity index (χ2n) is 5.01. The standard InChI is InChI=1S/C16H19FN2O2/c1-11-9-14(16(21)18-7-3-2-4-8-20)13-10-12(17)5-6-15(13)19-11/h5-6,9-10,20H,2-4,7-8H2,1H3,(H,18,21). The van der Waals surface area contributed by atoms with Gasteiger partial charge in [0.1, 0.15) is 5.82 Å². The molecule has 1 heterocycles. The van der Waals surface area contributed by atoms with Gasteiger partial charge in [-0.05, 0) is 50.5 Å². The van der Waals surface area contributed by atoms with Gasteiger partial charge in [-0.15, -0.1) is 0 Å². The molecule has 1 amide bonds. The monoisotopic (exact) mass is 290 g/mol. The van der Waals surface area contributed by atoms with Gasteiger partial charge in [0.2, 0.25) is 0 Å². The predicted molar refractivity (Wildman–Crippen MR) is 79.7 cm³/mol. The average molecular weight is 290 g/mol. The number of nitrogens with zero attached hydrogens (tertiary/aromatic N) is 1. The summed E-state index contributed by atoms with van der Waals surface area (Å²) in [5.41, 5.74) is 1.78. The van der Waals surface area contributed by atoms with E-state index in [0.29, 0.717) is 23.0 Å². The Morgan fingerprint density at radius 3 is 2.86 bits per heavy atom.